The van der Waals surface area contributed by atoms with E-state index in [2.05, 4.69) is 70.7 Å². The number of ether oxygens (including phenoxy) is 1. The van der Waals surface area contributed by atoms with Crippen LogP contribution >= 0.6 is 23.1 Å². The molecule has 22 heteroatoms. The minimum Gasteiger partial charge on any atom is -0.494 e. The number of anilines is 6. The van der Waals surface area contributed by atoms with E-state index in [0.717, 1.165) is 61.3 Å². The Kier molecular flexibility index (Phi) is 13.6. The van der Waals surface area contributed by atoms with Gasteiger partial charge in [-0.3, -0.25) is 38.7 Å². The molecular weight excluding hydrogens is 1030 g/mol. The van der Waals surface area contributed by atoms with E-state index in [-0.39, 0.29) is 35.9 Å². The molecule has 4 aliphatic heterocycles. The summed E-state index contributed by atoms with van der Waals surface area (Å²) in [6.45, 7) is 12.4. The predicted octanol–water partition coefficient (Wildman–Crippen LogP) is 6.56. The van der Waals surface area contributed by atoms with Gasteiger partial charge in [-0.05, 0) is 104 Å². The maximum atomic E-state index is 15.5. The maximum absolute atomic E-state index is 15.5. The number of methoxy groups -OCH3 is 1. The van der Waals surface area contributed by atoms with Gasteiger partial charge in [0.25, 0.3) is 0 Å². The SMILES string of the molecule is CCc1cc(Nc2ncc(Br)c(Nc3ccc4nc(C)c(F)cc4c3P(C)(C)=O)n2)c(OC)cc1N1CCC(N2CCN(C(=O)C3CN(c4ccc(F)c5c4n(C)c(=O)n5[C@H]4CCC(=O)NC4=O)C3)CC2)CC1. The van der Waals surface area contributed by atoms with Gasteiger partial charge in [-0.2, -0.15) is 4.98 Å². The molecule has 3 aromatic heterocycles. The minimum atomic E-state index is -2.94. The number of piperidine rings is 2. The number of hydrogen-bond donors (Lipinski definition) is 3. The van der Waals surface area contributed by atoms with Crippen molar-refractivity contribution < 1.29 is 32.5 Å². The molecule has 0 radical (unpaired) electrons. The molecule has 0 saturated carbocycles. The van der Waals surface area contributed by atoms with Gasteiger partial charge in [0.05, 0.1) is 51.3 Å². The van der Waals surface area contributed by atoms with Crippen LogP contribution in [-0.2, 0) is 32.4 Å². The first-order valence-corrected chi connectivity index (χ1v) is 28.0. The van der Waals surface area contributed by atoms with E-state index in [4.69, 9.17) is 9.72 Å². The monoisotopic (exact) mass is 1080 g/mol. The van der Waals surface area contributed by atoms with Gasteiger partial charge in [0.15, 0.2) is 0 Å². The smallest absolute Gasteiger partial charge is 0.329 e. The number of aromatic nitrogens is 5. The highest BCUT2D eigenvalue weighted by Crippen LogP contribution is 2.43. The highest BCUT2D eigenvalue weighted by Gasteiger charge is 2.40. The molecule has 0 spiro atoms. The van der Waals surface area contributed by atoms with Crippen molar-refractivity contribution in [1.29, 1.82) is 0 Å². The third-order valence-corrected chi connectivity index (χ3v) is 17.0. The van der Waals surface area contributed by atoms with Gasteiger partial charge < -0.3 is 34.6 Å². The van der Waals surface area contributed by atoms with Crippen LogP contribution in [0.4, 0.5) is 43.3 Å². The number of nitrogens with zero attached hydrogens (tertiary/aromatic N) is 9. The number of imidazole rings is 1. The predicted molar refractivity (Wildman–Crippen MR) is 282 cm³/mol. The lowest BCUT2D eigenvalue weighted by Crippen LogP contribution is -2.59. The van der Waals surface area contributed by atoms with Gasteiger partial charge >= 0.3 is 5.69 Å². The lowest BCUT2D eigenvalue weighted by Gasteiger charge is -2.46. The Hall–Kier alpha value is -6.44. The topological polar surface area (TPSA) is 192 Å². The summed E-state index contributed by atoms with van der Waals surface area (Å²) in [6.07, 6.45) is 4.49. The van der Waals surface area contributed by atoms with Crippen LogP contribution < -0.4 is 41.5 Å². The summed E-state index contributed by atoms with van der Waals surface area (Å²) < 4.78 is 52.9. The van der Waals surface area contributed by atoms with E-state index >= 15 is 4.39 Å². The van der Waals surface area contributed by atoms with Gasteiger partial charge in [0.1, 0.15) is 41.9 Å². The molecule has 384 valence electrons. The van der Waals surface area contributed by atoms with Crippen LogP contribution in [0, 0.1) is 24.5 Å². The van der Waals surface area contributed by atoms with Crippen molar-refractivity contribution in [1.82, 2.24) is 39.2 Å². The number of halogens is 3. The number of pyridine rings is 1. The molecule has 0 bridgehead atoms. The zero-order chi connectivity index (χ0) is 51.6. The lowest BCUT2D eigenvalue weighted by molar-refractivity contribution is -0.138. The van der Waals surface area contributed by atoms with Crippen LogP contribution in [0.1, 0.15) is 49.9 Å². The number of piperazine rings is 1. The van der Waals surface area contributed by atoms with Crippen LogP contribution in [0.2, 0.25) is 0 Å². The molecule has 4 saturated heterocycles. The number of aryl methyl sites for hydroxylation is 3. The molecule has 4 aliphatic rings. The molecule has 0 unspecified atom stereocenters. The van der Waals surface area contributed by atoms with Crippen molar-refractivity contribution in [2.45, 2.75) is 58.0 Å². The van der Waals surface area contributed by atoms with Crippen LogP contribution in [-0.4, -0.2) is 130 Å². The highest BCUT2D eigenvalue weighted by molar-refractivity contribution is 9.10. The number of carbonyl (C=O) groups excluding carboxylic acids is 3. The number of hydrogen-bond acceptors (Lipinski definition) is 14. The maximum Gasteiger partial charge on any atom is 0.329 e. The Morgan fingerprint density at radius 3 is 2.32 bits per heavy atom. The molecule has 1 atom stereocenters. The molecule has 10 rings (SSSR count). The average Bonchev–Trinajstić information content (AvgIpc) is 3.62. The van der Waals surface area contributed by atoms with E-state index < -0.39 is 42.3 Å². The fourth-order valence-electron chi connectivity index (χ4n) is 11.0. The van der Waals surface area contributed by atoms with Gasteiger partial charge in [0.2, 0.25) is 23.7 Å². The summed E-state index contributed by atoms with van der Waals surface area (Å²) in [6, 6.07) is 11.4. The molecular formula is C51H58BrF2N12O6P. The van der Waals surface area contributed by atoms with Crippen molar-refractivity contribution in [3.8, 4) is 5.75 Å². The second kappa shape index (κ2) is 19.8. The van der Waals surface area contributed by atoms with Crippen LogP contribution in [0.3, 0.4) is 0 Å². The van der Waals surface area contributed by atoms with E-state index in [1.54, 1.807) is 58.8 Å². The summed E-state index contributed by atoms with van der Waals surface area (Å²) >= 11 is 3.57. The molecule has 18 nitrogen and oxygen atoms in total. The molecule has 7 heterocycles. The summed E-state index contributed by atoms with van der Waals surface area (Å²) in [5.41, 5.74) is 4.73. The Morgan fingerprint density at radius 2 is 1.63 bits per heavy atom. The summed E-state index contributed by atoms with van der Waals surface area (Å²) in [4.78, 5) is 74.4. The number of imide groups is 1. The Labute approximate surface area is 429 Å². The molecule has 3 N–H and O–H groups in total. The second-order valence-electron chi connectivity index (χ2n) is 19.7. The average molecular weight is 1080 g/mol. The van der Waals surface area contributed by atoms with Crippen molar-refractivity contribution >= 4 is 103 Å². The Bertz CT molecular complexity index is 3320. The Balaban J connectivity index is 0.753. The largest absolute Gasteiger partial charge is 0.494 e. The molecule has 0 aliphatic carbocycles. The minimum absolute atomic E-state index is 0.0149. The van der Waals surface area contributed by atoms with Gasteiger partial charge in [0, 0.05) is 101 Å². The quantitative estimate of drug-likeness (QED) is 0.0882. The van der Waals surface area contributed by atoms with Crippen LogP contribution in [0.15, 0.2) is 57.9 Å². The number of fused-ring (bicyclic) bond motifs is 2. The fraction of sp³-hybridized carbons (Fsp3) is 0.431. The first-order valence-electron chi connectivity index (χ1n) is 24.6. The normalized spacial score (nSPS) is 18.4. The van der Waals surface area contributed by atoms with Crippen molar-refractivity contribution in [2.24, 2.45) is 13.0 Å². The van der Waals surface area contributed by atoms with Gasteiger partial charge in [-0.15, -0.1) is 0 Å². The van der Waals surface area contributed by atoms with Crippen LogP contribution in [0.25, 0.3) is 21.9 Å². The van der Waals surface area contributed by atoms with Crippen molar-refractivity contribution in [2.75, 3.05) is 93.2 Å². The molecule has 6 aromatic rings. The molecule has 3 amide bonds. The van der Waals surface area contributed by atoms with E-state index in [9.17, 15) is 28.1 Å². The molecule has 4 fully saturated rings. The van der Waals surface area contributed by atoms with Crippen molar-refractivity contribution in [3.63, 3.8) is 0 Å². The second-order valence-corrected chi connectivity index (χ2v) is 23.7. The molecule has 73 heavy (non-hydrogen) atoms. The number of carbonyl (C=O) groups is 3. The summed E-state index contributed by atoms with van der Waals surface area (Å²) in [7, 11) is 0.242. The van der Waals surface area contributed by atoms with E-state index in [1.165, 1.54) is 16.7 Å². The first-order chi connectivity index (χ1) is 34.9. The summed E-state index contributed by atoms with van der Waals surface area (Å²) in [5.74, 6) is -0.951. The first kappa shape index (κ1) is 50.1. The summed E-state index contributed by atoms with van der Waals surface area (Å²) in [5, 5.41) is 9.90. The zero-order valence-corrected chi connectivity index (χ0v) is 44.1. The third kappa shape index (κ3) is 9.43. The third-order valence-electron chi connectivity index (χ3n) is 14.9. The van der Waals surface area contributed by atoms with Crippen LogP contribution in [0.5, 0.6) is 5.75 Å². The van der Waals surface area contributed by atoms with Gasteiger partial charge in [-0.1, -0.05) is 6.92 Å². The van der Waals surface area contributed by atoms with E-state index in [0.29, 0.717) is 93.0 Å². The number of benzene rings is 3. The number of nitrogens with one attached hydrogen (secondary N) is 3. The number of rotatable bonds is 12. The van der Waals surface area contributed by atoms with E-state index in [1.807, 2.05) is 9.80 Å². The van der Waals surface area contributed by atoms with Gasteiger partial charge in [-0.25, -0.2) is 18.6 Å². The molecule has 3 aromatic carbocycles. The lowest BCUT2D eigenvalue weighted by atomic mass is 9.96. The Morgan fingerprint density at radius 1 is 0.890 bits per heavy atom. The fourth-order valence-corrected chi connectivity index (χ4v) is 12.8. The standard InChI is InChI=1S/C51H58BrF2N12O6P/c1-7-29-22-38(58-50-55-25-33(52)47(60-50)57-37-10-9-36-32(46(37)73(5,6)71)23-35(54)28(2)56-36)42(72-4)24-41(29)63-16-14-31(15-17-63)62-18-20-64(21-19-62)49(69)30-26-65(27-30)39-11-8-34(53)44-45(39)61(3)51(70)66(44)40-12-13-43(67)59-48(40)68/h8-11,22-25,30-31,40H,7,12-21,26-27H2,1-6H3,(H,59,67,68)(H2,55,57,58,60)/t40-/m0/s1. The highest BCUT2D eigenvalue weighted by atomic mass is 79.9. The van der Waals surface area contributed by atoms with Crippen molar-refractivity contribution in [3.05, 3.63) is 86.5 Å². The zero-order valence-electron chi connectivity index (χ0n) is 41.6. The number of amides is 3.